The van der Waals surface area contributed by atoms with Crippen molar-refractivity contribution in [3.05, 3.63) is 28.7 Å². The molecule has 124 valence electrons. The maximum Gasteiger partial charge on any atom is 0.406 e. The van der Waals surface area contributed by atoms with Crippen LogP contribution in [-0.2, 0) is 4.79 Å². The lowest BCUT2D eigenvalue weighted by Crippen LogP contribution is -2.45. The van der Waals surface area contributed by atoms with Crippen LogP contribution in [0.3, 0.4) is 0 Å². The number of halogens is 4. The molecular weight excluding hydrogens is 363 g/mol. The Balaban J connectivity index is 2.68. The summed E-state index contributed by atoms with van der Waals surface area (Å²) in [5.41, 5.74) is -0.432. The van der Waals surface area contributed by atoms with Crippen LogP contribution < -0.4 is 4.74 Å². The normalized spacial score (nSPS) is 12.1. The maximum atomic E-state index is 12.6. The first-order valence-corrected chi connectivity index (χ1v) is 7.48. The summed E-state index contributed by atoms with van der Waals surface area (Å²) in [4.78, 5) is 12.8. The summed E-state index contributed by atoms with van der Waals surface area (Å²) in [5.74, 6) is -0.255. The zero-order valence-corrected chi connectivity index (χ0v) is 14.3. The van der Waals surface area contributed by atoms with Gasteiger partial charge in [0.1, 0.15) is 12.3 Å². The third-order valence-electron chi connectivity index (χ3n) is 2.56. The van der Waals surface area contributed by atoms with Crippen LogP contribution in [0.2, 0.25) is 0 Å². The molecule has 0 aromatic heterocycles. The van der Waals surface area contributed by atoms with Crippen molar-refractivity contribution >= 4 is 21.8 Å². The molecule has 1 aromatic rings. The Hall–Kier alpha value is -1.24. The maximum absolute atomic E-state index is 12.6. The molecule has 1 aromatic carbocycles. The molecule has 7 heteroatoms. The monoisotopic (exact) mass is 381 g/mol. The highest BCUT2D eigenvalue weighted by molar-refractivity contribution is 9.10. The van der Waals surface area contributed by atoms with E-state index in [0.717, 1.165) is 9.37 Å². The zero-order valence-electron chi connectivity index (χ0n) is 12.7. The van der Waals surface area contributed by atoms with E-state index >= 15 is 0 Å². The van der Waals surface area contributed by atoms with E-state index in [1.54, 1.807) is 45.0 Å². The van der Waals surface area contributed by atoms with Gasteiger partial charge < -0.3 is 9.64 Å². The molecule has 0 heterocycles. The van der Waals surface area contributed by atoms with Gasteiger partial charge in [0.25, 0.3) is 5.91 Å². The van der Waals surface area contributed by atoms with Crippen molar-refractivity contribution in [2.45, 2.75) is 26.9 Å². The summed E-state index contributed by atoms with van der Waals surface area (Å²) in [5, 5.41) is 0. The van der Waals surface area contributed by atoms with Crippen LogP contribution in [0.25, 0.3) is 0 Å². The number of benzene rings is 1. The molecule has 0 unspecified atom stereocenters. The number of hydrogen-bond acceptors (Lipinski definition) is 2. The van der Waals surface area contributed by atoms with E-state index in [4.69, 9.17) is 4.74 Å². The van der Waals surface area contributed by atoms with E-state index in [2.05, 4.69) is 15.9 Å². The van der Waals surface area contributed by atoms with Gasteiger partial charge in [-0.05, 0) is 29.7 Å². The predicted molar refractivity (Wildman–Crippen MR) is 81.7 cm³/mol. The van der Waals surface area contributed by atoms with E-state index in [1.165, 1.54) is 0 Å². The van der Waals surface area contributed by atoms with Gasteiger partial charge in [-0.1, -0.05) is 36.7 Å². The highest BCUT2D eigenvalue weighted by Gasteiger charge is 2.34. The summed E-state index contributed by atoms with van der Waals surface area (Å²) in [6.07, 6.45) is -4.43. The number of nitrogens with zero attached hydrogens (tertiary/aromatic N) is 1. The number of rotatable bonds is 5. The number of ether oxygens (including phenoxy) is 1. The summed E-state index contributed by atoms with van der Waals surface area (Å²) >= 11 is 3.26. The van der Waals surface area contributed by atoms with Gasteiger partial charge in [0, 0.05) is 11.0 Å². The molecule has 0 N–H and O–H groups in total. The van der Waals surface area contributed by atoms with Crippen LogP contribution in [0.4, 0.5) is 13.2 Å². The lowest BCUT2D eigenvalue weighted by atomic mass is 9.96. The molecule has 0 bridgehead atoms. The highest BCUT2D eigenvalue weighted by Crippen LogP contribution is 2.22. The van der Waals surface area contributed by atoms with Crippen molar-refractivity contribution in [2.75, 3.05) is 19.7 Å². The first-order valence-electron chi connectivity index (χ1n) is 6.69. The Morgan fingerprint density at radius 3 is 2.14 bits per heavy atom. The summed E-state index contributed by atoms with van der Waals surface area (Å²) in [6, 6.07) is 6.72. The second kappa shape index (κ2) is 7.35. The molecule has 0 radical (unpaired) electrons. The van der Waals surface area contributed by atoms with Gasteiger partial charge in [-0.25, -0.2) is 0 Å². The first-order chi connectivity index (χ1) is 9.96. The van der Waals surface area contributed by atoms with Gasteiger partial charge in [-0.2, -0.15) is 13.2 Å². The first kappa shape index (κ1) is 18.8. The minimum Gasteiger partial charge on any atom is -0.484 e. The number of hydrogen-bond donors (Lipinski definition) is 0. The molecule has 1 amide bonds. The fourth-order valence-electron chi connectivity index (χ4n) is 1.79. The van der Waals surface area contributed by atoms with Gasteiger partial charge in [0.15, 0.2) is 6.61 Å². The van der Waals surface area contributed by atoms with Crippen molar-refractivity contribution in [3.63, 3.8) is 0 Å². The topological polar surface area (TPSA) is 29.5 Å². The van der Waals surface area contributed by atoms with Crippen molar-refractivity contribution < 1.29 is 22.7 Å². The highest BCUT2D eigenvalue weighted by atomic mass is 79.9. The largest absolute Gasteiger partial charge is 0.484 e. The Bertz CT molecular complexity index is 479. The average Bonchev–Trinajstić information content (AvgIpc) is 2.33. The number of carbonyl (C=O) groups is 1. The summed E-state index contributed by atoms with van der Waals surface area (Å²) in [6.45, 7) is 3.65. The van der Waals surface area contributed by atoms with Crippen LogP contribution in [0.1, 0.15) is 20.8 Å². The van der Waals surface area contributed by atoms with Crippen LogP contribution >= 0.6 is 15.9 Å². The second-order valence-corrected chi connectivity index (χ2v) is 7.08. The van der Waals surface area contributed by atoms with E-state index < -0.39 is 30.7 Å². The average molecular weight is 382 g/mol. The van der Waals surface area contributed by atoms with Crippen LogP contribution in [0.15, 0.2) is 28.7 Å². The van der Waals surface area contributed by atoms with E-state index in [0.29, 0.717) is 5.75 Å². The molecule has 3 nitrogen and oxygen atoms in total. The molecule has 0 aliphatic heterocycles. The second-order valence-electron chi connectivity index (χ2n) is 6.17. The summed E-state index contributed by atoms with van der Waals surface area (Å²) in [7, 11) is 0. The quantitative estimate of drug-likeness (QED) is 0.762. The van der Waals surface area contributed by atoms with E-state index in [9.17, 15) is 18.0 Å². The van der Waals surface area contributed by atoms with Crippen LogP contribution in [0, 0.1) is 5.41 Å². The van der Waals surface area contributed by atoms with E-state index in [1.807, 2.05) is 0 Å². The van der Waals surface area contributed by atoms with Crippen molar-refractivity contribution in [1.82, 2.24) is 4.90 Å². The Kier molecular flexibility index (Phi) is 6.28. The molecule has 0 aliphatic rings. The molecular formula is C15H19BrF3NO2. The number of amides is 1. The molecule has 0 aliphatic carbocycles. The van der Waals surface area contributed by atoms with Crippen LogP contribution in [0.5, 0.6) is 5.75 Å². The zero-order chi connectivity index (χ0) is 17.0. The summed E-state index contributed by atoms with van der Waals surface area (Å²) < 4.78 is 43.9. The fraction of sp³-hybridized carbons (Fsp3) is 0.533. The SMILES string of the molecule is CC(C)(C)CN(CC(F)(F)F)C(=O)COc1ccc(Br)cc1. The van der Waals surface area contributed by atoms with Gasteiger partial charge in [-0.3, -0.25) is 4.79 Å². The standard InChI is InChI=1S/C15H19BrF3NO2/c1-14(2,3)9-20(10-15(17,18)19)13(21)8-22-12-6-4-11(16)5-7-12/h4-7H,8-10H2,1-3H3. The van der Waals surface area contributed by atoms with Crippen molar-refractivity contribution in [3.8, 4) is 5.75 Å². The van der Waals surface area contributed by atoms with Crippen molar-refractivity contribution in [2.24, 2.45) is 5.41 Å². The van der Waals surface area contributed by atoms with Gasteiger partial charge in [0.2, 0.25) is 0 Å². The number of alkyl halides is 3. The Labute approximate surface area is 136 Å². The molecule has 0 saturated heterocycles. The van der Waals surface area contributed by atoms with Gasteiger partial charge >= 0.3 is 6.18 Å². The van der Waals surface area contributed by atoms with Crippen molar-refractivity contribution in [1.29, 1.82) is 0 Å². The molecule has 0 atom stereocenters. The lowest BCUT2D eigenvalue weighted by molar-refractivity contribution is -0.164. The molecule has 0 fully saturated rings. The van der Waals surface area contributed by atoms with Crippen LogP contribution in [-0.4, -0.2) is 36.7 Å². The Morgan fingerprint density at radius 2 is 1.68 bits per heavy atom. The molecule has 0 saturated carbocycles. The molecule has 0 spiro atoms. The third-order valence-corrected chi connectivity index (χ3v) is 3.09. The molecule has 22 heavy (non-hydrogen) atoms. The van der Waals surface area contributed by atoms with Gasteiger partial charge in [-0.15, -0.1) is 0 Å². The lowest BCUT2D eigenvalue weighted by Gasteiger charge is -2.30. The minimum atomic E-state index is -4.43. The number of carbonyl (C=O) groups excluding carboxylic acids is 1. The predicted octanol–water partition coefficient (Wildman–Crippen LogP) is 4.26. The third kappa shape index (κ3) is 7.68. The molecule has 1 rings (SSSR count). The van der Waals surface area contributed by atoms with Gasteiger partial charge in [0.05, 0.1) is 0 Å². The fourth-order valence-corrected chi connectivity index (χ4v) is 2.05. The van der Waals surface area contributed by atoms with E-state index in [-0.39, 0.29) is 6.54 Å². The minimum absolute atomic E-state index is 0.00897. The smallest absolute Gasteiger partial charge is 0.406 e. The Morgan fingerprint density at radius 1 is 1.14 bits per heavy atom.